The Morgan fingerprint density at radius 2 is 1.64 bits per heavy atom. The second-order valence-electron chi connectivity index (χ2n) is 8.96. The Hall–Kier alpha value is -1.43. The molecule has 3 heterocycles. The van der Waals surface area contributed by atoms with Gasteiger partial charge in [-0.2, -0.15) is 0 Å². The van der Waals surface area contributed by atoms with Gasteiger partial charge >= 0.3 is 0 Å². The molecule has 5 nitrogen and oxygen atoms in total. The third-order valence-electron chi connectivity index (χ3n) is 6.94. The lowest BCUT2D eigenvalue weighted by Crippen LogP contribution is -2.53. The Labute approximate surface area is 170 Å². The second-order valence-corrected chi connectivity index (χ2v) is 8.96. The van der Waals surface area contributed by atoms with Crippen molar-refractivity contribution in [2.24, 2.45) is 5.92 Å². The van der Waals surface area contributed by atoms with E-state index < -0.39 is 0 Å². The zero-order chi connectivity index (χ0) is 19.3. The molecule has 3 aliphatic heterocycles. The summed E-state index contributed by atoms with van der Waals surface area (Å²) in [6, 6.07) is 11.5. The molecule has 154 valence electrons. The molecule has 0 saturated carbocycles. The highest BCUT2D eigenvalue weighted by Crippen LogP contribution is 2.26. The zero-order valence-corrected chi connectivity index (χ0v) is 17.4. The van der Waals surface area contributed by atoms with Crippen LogP contribution in [0.4, 0.5) is 0 Å². The molecule has 0 radical (unpaired) electrons. The third-order valence-corrected chi connectivity index (χ3v) is 6.94. The molecule has 3 fully saturated rings. The number of piperazine rings is 1. The van der Waals surface area contributed by atoms with E-state index in [1.54, 1.807) is 0 Å². The van der Waals surface area contributed by atoms with E-state index in [2.05, 4.69) is 57.0 Å². The average molecular weight is 385 g/mol. The van der Waals surface area contributed by atoms with Gasteiger partial charge in [-0.15, -0.1) is 0 Å². The molecule has 3 aliphatic rings. The van der Waals surface area contributed by atoms with Crippen molar-refractivity contribution in [2.75, 3.05) is 59.4 Å². The summed E-state index contributed by atoms with van der Waals surface area (Å²) < 4.78 is 0. The van der Waals surface area contributed by atoms with Gasteiger partial charge in [0, 0.05) is 45.3 Å². The van der Waals surface area contributed by atoms with Gasteiger partial charge < -0.3 is 9.80 Å². The topological polar surface area (TPSA) is 30.0 Å². The Kier molecular flexibility index (Phi) is 6.65. The van der Waals surface area contributed by atoms with Crippen molar-refractivity contribution in [3.05, 3.63) is 35.9 Å². The minimum Gasteiger partial charge on any atom is -0.340 e. The molecule has 1 aromatic rings. The summed E-state index contributed by atoms with van der Waals surface area (Å²) in [4.78, 5) is 22.7. The van der Waals surface area contributed by atoms with E-state index in [1.807, 2.05) is 0 Å². The third kappa shape index (κ3) is 4.94. The van der Waals surface area contributed by atoms with Gasteiger partial charge in [0.2, 0.25) is 5.91 Å². The van der Waals surface area contributed by atoms with E-state index in [1.165, 1.54) is 44.5 Å². The van der Waals surface area contributed by atoms with Crippen LogP contribution in [-0.4, -0.2) is 91.0 Å². The van der Waals surface area contributed by atoms with Crippen LogP contribution in [0.5, 0.6) is 0 Å². The number of hydrogen-bond donors (Lipinski definition) is 0. The minimum atomic E-state index is 0.222. The number of carbonyl (C=O) groups is 1. The summed E-state index contributed by atoms with van der Waals surface area (Å²) in [5.74, 6) is 0.638. The number of hydrogen-bond acceptors (Lipinski definition) is 4. The van der Waals surface area contributed by atoms with E-state index in [0.29, 0.717) is 11.9 Å². The highest BCUT2D eigenvalue weighted by molar-refractivity contribution is 5.79. The van der Waals surface area contributed by atoms with Crippen molar-refractivity contribution in [2.45, 2.75) is 38.3 Å². The van der Waals surface area contributed by atoms with Crippen LogP contribution in [-0.2, 0) is 11.3 Å². The molecule has 0 bridgehead atoms. The summed E-state index contributed by atoms with van der Waals surface area (Å²) in [6.07, 6.45) is 4.73. The number of rotatable bonds is 4. The first-order valence-electron chi connectivity index (χ1n) is 11.2. The van der Waals surface area contributed by atoms with Crippen LogP contribution in [0.25, 0.3) is 0 Å². The fraction of sp³-hybridized carbons (Fsp3) is 0.696. The Morgan fingerprint density at radius 1 is 0.929 bits per heavy atom. The predicted octanol–water partition coefficient (Wildman–Crippen LogP) is 2.14. The molecule has 28 heavy (non-hydrogen) atoms. The maximum atomic E-state index is 13.0. The number of nitrogens with zero attached hydrogens (tertiary/aromatic N) is 4. The van der Waals surface area contributed by atoms with Crippen LogP contribution in [0.2, 0.25) is 0 Å². The molecule has 1 aromatic carbocycles. The molecule has 1 atom stereocenters. The highest BCUT2D eigenvalue weighted by Gasteiger charge is 2.34. The summed E-state index contributed by atoms with van der Waals surface area (Å²) >= 11 is 0. The maximum Gasteiger partial charge on any atom is 0.227 e. The first-order chi connectivity index (χ1) is 13.7. The number of piperidine rings is 2. The Bertz CT molecular complexity index is 621. The summed E-state index contributed by atoms with van der Waals surface area (Å²) in [6.45, 7) is 9.42. The maximum absolute atomic E-state index is 13.0. The number of likely N-dealkylation sites (tertiary alicyclic amines) is 2. The quantitative estimate of drug-likeness (QED) is 0.796. The van der Waals surface area contributed by atoms with Gasteiger partial charge in [0.15, 0.2) is 0 Å². The van der Waals surface area contributed by atoms with Crippen molar-refractivity contribution < 1.29 is 4.79 Å². The Balaban J connectivity index is 1.25. The minimum absolute atomic E-state index is 0.222. The standard InChI is InChI=1S/C23H36N4O/c1-24-14-16-26(17-15-24)23(28)21-8-5-11-27(19-21)22-9-12-25(13-10-22)18-20-6-3-2-4-7-20/h2-4,6-7,21-22H,5,8-19H2,1H3. The SMILES string of the molecule is CN1CCN(C(=O)C2CCCN(C3CCN(Cc4ccccc4)CC3)C2)CC1. The lowest BCUT2D eigenvalue weighted by atomic mass is 9.92. The van der Waals surface area contributed by atoms with E-state index in [9.17, 15) is 4.79 Å². The van der Waals surface area contributed by atoms with Crippen LogP contribution in [0.1, 0.15) is 31.2 Å². The molecule has 1 amide bonds. The van der Waals surface area contributed by atoms with Crippen LogP contribution < -0.4 is 0 Å². The molecule has 1 unspecified atom stereocenters. The summed E-state index contributed by atoms with van der Waals surface area (Å²) in [7, 11) is 2.15. The summed E-state index contributed by atoms with van der Waals surface area (Å²) in [5, 5.41) is 0. The van der Waals surface area contributed by atoms with Crippen molar-refractivity contribution >= 4 is 5.91 Å². The van der Waals surface area contributed by atoms with Crippen LogP contribution in [0.3, 0.4) is 0 Å². The van der Waals surface area contributed by atoms with Gasteiger partial charge in [0.25, 0.3) is 0 Å². The molecule has 0 spiro atoms. The van der Waals surface area contributed by atoms with E-state index in [0.717, 1.165) is 45.7 Å². The second kappa shape index (κ2) is 9.38. The number of amides is 1. The van der Waals surface area contributed by atoms with Gasteiger partial charge in [-0.25, -0.2) is 0 Å². The Morgan fingerprint density at radius 3 is 2.36 bits per heavy atom. The molecular formula is C23H36N4O. The van der Waals surface area contributed by atoms with Crippen molar-refractivity contribution in [1.29, 1.82) is 0 Å². The normalized spacial score (nSPS) is 26.5. The van der Waals surface area contributed by atoms with Crippen LogP contribution in [0.15, 0.2) is 30.3 Å². The number of benzene rings is 1. The van der Waals surface area contributed by atoms with Crippen molar-refractivity contribution in [3.8, 4) is 0 Å². The van der Waals surface area contributed by atoms with E-state index in [4.69, 9.17) is 0 Å². The van der Waals surface area contributed by atoms with E-state index >= 15 is 0 Å². The molecule has 0 aliphatic carbocycles. The largest absolute Gasteiger partial charge is 0.340 e. The van der Waals surface area contributed by atoms with Gasteiger partial charge in [-0.1, -0.05) is 30.3 Å². The summed E-state index contributed by atoms with van der Waals surface area (Å²) in [5.41, 5.74) is 1.41. The van der Waals surface area contributed by atoms with Gasteiger partial charge in [0.05, 0.1) is 5.92 Å². The van der Waals surface area contributed by atoms with Crippen LogP contribution in [0, 0.1) is 5.92 Å². The van der Waals surface area contributed by atoms with Gasteiger partial charge in [0.1, 0.15) is 0 Å². The highest BCUT2D eigenvalue weighted by atomic mass is 16.2. The first kappa shape index (κ1) is 19.9. The van der Waals surface area contributed by atoms with Gasteiger partial charge in [-0.05, 0) is 57.9 Å². The lowest BCUT2D eigenvalue weighted by Gasteiger charge is -2.43. The van der Waals surface area contributed by atoms with Gasteiger partial charge in [-0.3, -0.25) is 14.6 Å². The van der Waals surface area contributed by atoms with E-state index in [-0.39, 0.29) is 5.92 Å². The number of carbonyl (C=O) groups excluding carboxylic acids is 1. The van der Waals surface area contributed by atoms with Crippen LogP contribution >= 0.6 is 0 Å². The smallest absolute Gasteiger partial charge is 0.227 e. The molecule has 5 heteroatoms. The monoisotopic (exact) mass is 384 g/mol. The fourth-order valence-corrected chi connectivity index (χ4v) is 5.11. The molecule has 3 saturated heterocycles. The van der Waals surface area contributed by atoms with Crippen molar-refractivity contribution in [3.63, 3.8) is 0 Å². The molecule has 4 rings (SSSR count). The average Bonchev–Trinajstić information content (AvgIpc) is 2.75. The fourth-order valence-electron chi connectivity index (χ4n) is 5.11. The predicted molar refractivity (Wildman–Crippen MR) is 113 cm³/mol. The first-order valence-corrected chi connectivity index (χ1v) is 11.2. The molecule has 0 aromatic heterocycles. The lowest BCUT2D eigenvalue weighted by molar-refractivity contribution is -0.139. The van der Waals surface area contributed by atoms with Crippen molar-refractivity contribution in [1.82, 2.24) is 19.6 Å². The zero-order valence-electron chi connectivity index (χ0n) is 17.4. The molecule has 0 N–H and O–H groups in total. The number of likely N-dealkylation sites (N-methyl/N-ethyl adjacent to an activating group) is 1. The molecular weight excluding hydrogens is 348 g/mol.